The molecule has 2 amide bonds. The Morgan fingerprint density at radius 1 is 0.895 bits per heavy atom. The zero-order valence-electron chi connectivity index (χ0n) is 21.1. The number of piperidine rings is 1. The molecule has 0 saturated carbocycles. The van der Waals surface area contributed by atoms with E-state index in [1.807, 2.05) is 6.92 Å². The summed E-state index contributed by atoms with van der Waals surface area (Å²) >= 11 is 0. The minimum absolute atomic E-state index is 0.250. The third-order valence-electron chi connectivity index (χ3n) is 6.48. The summed E-state index contributed by atoms with van der Waals surface area (Å²) in [4.78, 5) is 25.2. The zero-order chi connectivity index (χ0) is 27.3. The predicted molar refractivity (Wildman–Crippen MR) is 144 cm³/mol. The molecule has 38 heavy (non-hydrogen) atoms. The van der Waals surface area contributed by atoms with Crippen LogP contribution < -0.4 is 10.7 Å². The predicted octanol–water partition coefficient (Wildman–Crippen LogP) is 4.33. The van der Waals surface area contributed by atoms with Gasteiger partial charge in [0.25, 0.3) is 5.91 Å². The lowest BCUT2D eigenvalue weighted by Gasteiger charge is -2.30. The van der Waals surface area contributed by atoms with Gasteiger partial charge in [-0.3, -0.25) is 9.59 Å². The number of amides is 2. The largest absolute Gasteiger partial charge is 0.322 e. The van der Waals surface area contributed by atoms with Crippen LogP contribution in [0.1, 0.15) is 41.3 Å². The topological polar surface area (TPSA) is 108 Å². The fraction of sp³-hybridized carbons (Fsp3) is 0.250. The first-order valence-corrected chi connectivity index (χ1v) is 13.7. The highest BCUT2D eigenvalue weighted by molar-refractivity contribution is 7.89. The number of nitrogens with one attached hydrogen (secondary N) is 2. The number of sulfonamides is 1. The number of hydrogen-bond acceptors (Lipinski definition) is 5. The lowest BCUT2D eigenvalue weighted by atomic mass is 9.98. The first kappa shape index (κ1) is 27.2. The van der Waals surface area contributed by atoms with Gasteiger partial charge in [0.05, 0.1) is 10.6 Å². The molecule has 0 radical (unpaired) electrons. The van der Waals surface area contributed by atoms with Crippen LogP contribution in [-0.2, 0) is 14.8 Å². The van der Waals surface area contributed by atoms with Crippen LogP contribution in [0.25, 0.3) is 0 Å². The Bertz CT molecular complexity index is 1430. The van der Waals surface area contributed by atoms with Gasteiger partial charge < -0.3 is 5.32 Å². The van der Waals surface area contributed by atoms with Crippen LogP contribution in [0.15, 0.2) is 82.8 Å². The summed E-state index contributed by atoms with van der Waals surface area (Å²) in [5.41, 5.74) is 5.82. The second-order valence-electron chi connectivity index (χ2n) is 9.20. The highest BCUT2D eigenvalue weighted by atomic mass is 32.2. The number of nitrogens with zero attached hydrogens (tertiary/aromatic N) is 2. The highest BCUT2D eigenvalue weighted by Crippen LogP contribution is 2.24. The maximum Gasteiger partial charge on any atom is 0.255 e. The number of hydrazone groups is 1. The summed E-state index contributed by atoms with van der Waals surface area (Å²) in [6.07, 6.45) is 0.821. The van der Waals surface area contributed by atoms with E-state index in [1.165, 1.54) is 28.6 Å². The third kappa shape index (κ3) is 6.51. The molecule has 0 spiro atoms. The standard InChI is InChI=1S/C28H29FN4O4S/c1-19-3-13-26(14-4-19)38(36,37)33-17-15-23(16-18-33)28(35)32-31-20(2)21-7-11-25(12-8-21)30-27(34)22-5-9-24(29)10-6-22/h3-14,23H,15-18H2,1-2H3,(H,30,34)(H,32,35)/b31-20+. The molecule has 0 aliphatic carbocycles. The van der Waals surface area contributed by atoms with Gasteiger partial charge in [0, 0.05) is 30.3 Å². The van der Waals surface area contributed by atoms with Gasteiger partial charge in [0.2, 0.25) is 15.9 Å². The SMILES string of the molecule is C/C(=N\NC(=O)C1CCN(S(=O)(=O)c2ccc(C)cc2)CC1)c1ccc(NC(=O)c2ccc(F)cc2)cc1. The molecule has 1 heterocycles. The minimum atomic E-state index is -3.59. The molecule has 3 aromatic rings. The number of anilines is 1. The average Bonchev–Trinajstić information content (AvgIpc) is 2.92. The first-order chi connectivity index (χ1) is 18.1. The van der Waals surface area contributed by atoms with Crippen molar-refractivity contribution >= 4 is 33.2 Å². The van der Waals surface area contributed by atoms with Gasteiger partial charge in [-0.1, -0.05) is 29.8 Å². The second kappa shape index (κ2) is 11.7. The van der Waals surface area contributed by atoms with Crippen molar-refractivity contribution in [3.8, 4) is 0 Å². The lowest BCUT2D eigenvalue weighted by molar-refractivity contribution is -0.126. The van der Waals surface area contributed by atoms with E-state index >= 15 is 0 Å². The van der Waals surface area contributed by atoms with Crippen molar-refractivity contribution in [1.82, 2.24) is 9.73 Å². The van der Waals surface area contributed by atoms with Crippen LogP contribution in [0.4, 0.5) is 10.1 Å². The van der Waals surface area contributed by atoms with Crippen molar-refractivity contribution in [3.05, 3.63) is 95.3 Å². The molecule has 1 aliphatic rings. The Balaban J connectivity index is 1.29. The summed E-state index contributed by atoms with van der Waals surface area (Å²) in [6, 6.07) is 19.0. The number of aryl methyl sites for hydroxylation is 1. The highest BCUT2D eigenvalue weighted by Gasteiger charge is 2.32. The monoisotopic (exact) mass is 536 g/mol. The van der Waals surface area contributed by atoms with E-state index in [4.69, 9.17) is 0 Å². The number of halogens is 1. The molecule has 198 valence electrons. The molecular formula is C28H29FN4O4S. The van der Waals surface area contributed by atoms with Gasteiger partial charge in [0.15, 0.2) is 0 Å². The summed E-state index contributed by atoms with van der Waals surface area (Å²) in [7, 11) is -3.59. The molecule has 2 N–H and O–H groups in total. The molecule has 0 unspecified atom stereocenters. The summed E-state index contributed by atoms with van der Waals surface area (Å²) in [5, 5.41) is 6.95. The number of rotatable bonds is 7. The van der Waals surface area contributed by atoms with Crippen molar-refractivity contribution in [2.45, 2.75) is 31.6 Å². The Hall–Kier alpha value is -3.89. The summed E-state index contributed by atoms with van der Waals surface area (Å²) < 4.78 is 40.2. The van der Waals surface area contributed by atoms with Crippen molar-refractivity contribution in [1.29, 1.82) is 0 Å². The van der Waals surface area contributed by atoms with Gasteiger partial charge >= 0.3 is 0 Å². The Morgan fingerprint density at radius 3 is 2.08 bits per heavy atom. The van der Waals surface area contributed by atoms with E-state index < -0.39 is 15.8 Å². The third-order valence-corrected chi connectivity index (χ3v) is 8.40. The van der Waals surface area contributed by atoms with E-state index in [0.29, 0.717) is 29.8 Å². The van der Waals surface area contributed by atoms with Crippen molar-refractivity contribution in [2.24, 2.45) is 11.0 Å². The van der Waals surface area contributed by atoms with Gasteiger partial charge in [-0.2, -0.15) is 9.41 Å². The molecule has 1 fully saturated rings. The molecule has 3 aromatic carbocycles. The molecule has 0 bridgehead atoms. The maximum atomic E-state index is 13.0. The minimum Gasteiger partial charge on any atom is -0.322 e. The number of benzene rings is 3. The van der Waals surface area contributed by atoms with E-state index in [0.717, 1.165) is 11.1 Å². The van der Waals surface area contributed by atoms with Crippen LogP contribution in [0.2, 0.25) is 0 Å². The molecule has 4 rings (SSSR count). The van der Waals surface area contributed by atoms with Gasteiger partial charge in [0.1, 0.15) is 5.82 Å². The normalized spacial score (nSPS) is 15.2. The molecule has 0 atom stereocenters. The smallest absolute Gasteiger partial charge is 0.255 e. The Labute approximate surface area is 221 Å². The van der Waals surface area contributed by atoms with Crippen molar-refractivity contribution in [3.63, 3.8) is 0 Å². The number of carbonyl (C=O) groups excluding carboxylic acids is 2. The average molecular weight is 537 g/mol. The van der Waals surface area contributed by atoms with E-state index in [-0.39, 0.29) is 35.7 Å². The van der Waals surface area contributed by atoms with E-state index in [1.54, 1.807) is 55.5 Å². The Kier molecular flexibility index (Phi) is 8.33. The van der Waals surface area contributed by atoms with Gasteiger partial charge in [-0.15, -0.1) is 0 Å². The van der Waals surface area contributed by atoms with Crippen LogP contribution >= 0.6 is 0 Å². The van der Waals surface area contributed by atoms with Crippen LogP contribution in [0.3, 0.4) is 0 Å². The number of carbonyl (C=O) groups is 2. The summed E-state index contributed by atoms with van der Waals surface area (Å²) in [5.74, 6) is -1.35. The number of hydrogen-bond donors (Lipinski definition) is 2. The fourth-order valence-corrected chi connectivity index (χ4v) is 5.58. The summed E-state index contributed by atoms with van der Waals surface area (Å²) in [6.45, 7) is 4.19. The zero-order valence-corrected chi connectivity index (χ0v) is 22.0. The van der Waals surface area contributed by atoms with Crippen molar-refractivity contribution < 1.29 is 22.4 Å². The molecular weight excluding hydrogens is 507 g/mol. The molecule has 1 saturated heterocycles. The van der Waals surface area contributed by atoms with Gasteiger partial charge in [-0.25, -0.2) is 18.2 Å². The quantitative estimate of drug-likeness (QED) is 0.346. The van der Waals surface area contributed by atoms with Crippen LogP contribution in [0, 0.1) is 18.7 Å². The molecule has 8 nitrogen and oxygen atoms in total. The molecule has 1 aliphatic heterocycles. The van der Waals surface area contributed by atoms with Crippen molar-refractivity contribution in [2.75, 3.05) is 18.4 Å². The molecule has 0 aromatic heterocycles. The molecule has 10 heteroatoms. The van der Waals surface area contributed by atoms with E-state index in [9.17, 15) is 22.4 Å². The van der Waals surface area contributed by atoms with Crippen LogP contribution in [-0.4, -0.2) is 43.3 Å². The lowest BCUT2D eigenvalue weighted by Crippen LogP contribution is -2.42. The van der Waals surface area contributed by atoms with Crippen LogP contribution in [0.5, 0.6) is 0 Å². The fourth-order valence-electron chi connectivity index (χ4n) is 4.11. The first-order valence-electron chi connectivity index (χ1n) is 12.2. The Morgan fingerprint density at radius 2 is 1.47 bits per heavy atom. The van der Waals surface area contributed by atoms with Gasteiger partial charge in [-0.05, 0) is 80.8 Å². The maximum absolute atomic E-state index is 13.0. The second-order valence-corrected chi connectivity index (χ2v) is 11.1. The van der Waals surface area contributed by atoms with E-state index in [2.05, 4.69) is 15.8 Å².